The number of fused-ring (bicyclic) bond motifs is 1. The van der Waals surface area contributed by atoms with Gasteiger partial charge in [-0.1, -0.05) is 31.2 Å². The molecule has 3 unspecified atom stereocenters. The molecule has 2 N–H and O–H groups in total. The predicted octanol–water partition coefficient (Wildman–Crippen LogP) is 3.05. The molecule has 1 amide bonds. The number of sulfonamides is 1. The molecule has 35 heavy (non-hydrogen) atoms. The van der Waals surface area contributed by atoms with Crippen molar-refractivity contribution in [1.82, 2.24) is 9.80 Å². The number of para-hydroxylation sites is 1. The van der Waals surface area contributed by atoms with Crippen LogP contribution < -0.4 is 9.46 Å². The van der Waals surface area contributed by atoms with Crippen LogP contribution in [0.1, 0.15) is 37.0 Å². The van der Waals surface area contributed by atoms with Crippen LogP contribution in [0, 0.1) is 11.8 Å². The fourth-order valence-corrected chi connectivity index (χ4v) is 5.55. The summed E-state index contributed by atoms with van der Waals surface area (Å²) in [5.74, 6) is 0.612. The maximum atomic E-state index is 13.6. The highest BCUT2D eigenvalue weighted by Crippen LogP contribution is 2.36. The van der Waals surface area contributed by atoms with Crippen LogP contribution in [0.5, 0.6) is 5.75 Å². The van der Waals surface area contributed by atoms with Gasteiger partial charge in [0.25, 0.3) is 15.9 Å². The Hall–Kier alpha value is -2.62. The molecular formula is C26H35N3O5S. The number of hydrogen-bond acceptors (Lipinski definition) is 6. The van der Waals surface area contributed by atoms with E-state index in [0.29, 0.717) is 13.1 Å². The third-order valence-corrected chi connectivity index (χ3v) is 8.13. The van der Waals surface area contributed by atoms with E-state index >= 15 is 0 Å². The number of anilines is 1. The number of nitrogens with one attached hydrogen (secondary N) is 1. The summed E-state index contributed by atoms with van der Waals surface area (Å²) in [5.41, 5.74) is 0.501. The number of carbonyl (C=O) groups excluding carboxylic acids is 1. The number of rotatable bonds is 9. The highest BCUT2D eigenvalue weighted by atomic mass is 32.2. The smallest absolute Gasteiger partial charge is 0.262 e. The van der Waals surface area contributed by atoms with Crippen molar-refractivity contribution in [2.24, 2.45) is 11.8 Å². The number of amides is 1. The Bertz CT molecular complexity index is 1140. The molecule has 1 fully saturated rings. The molecule has 2 aromatic carbocycles. The van der Waals surface area contributed by atoms with Crippen LogP contribution in [0.15, 0.2) is 53.4 Å². The second-order valence-corrected chi connectivity index (χ2v) is 11.6. The van der Waals surface area contributed by atoms with Crippen LogP contribution in [0.3, 0.4) is 0 Å². The van der Waals surface area contributed by atoms with E-state index in [-0.39, 0.29) is 52.5 Å². The van der Waals surface area contributed by atoms with Gasteiger partial charge in [-0.3, -0.25) is 9.52 Å². The molecule has 0 saturated heterocycles. The third kappa shape index (κ3) is 5.97. The second kappa shape index (κ2) is 10.6. The number of benzene rings is 2. The summed E-state index contributed by atoms with van der Waals surface area (Å²) in [6.07, 6.45) is 2.22. The van der Waals surface area contributed by atoms with Crippen molar-refractivity contribution < 1.29 is 23.1 Å². The first kappa shape index (κ1) is 25.5. The summed E-state index contributed by atoms with van der Waals surface area (Å²) in [7, 11) is -1.82. The topological polar surface area (TPSA) is 99.2 Å². The number of likely N-dealkylation sites (N-methyl/N-ethyl adjacent to an activating group) is 1. The van der Waals surface area contributed by atoms with Crippen LogP contribution >= 0.6 is 0 Å². The molecule has 8 nitrogen and oxygen atoms in total. The molecule has 0 spiro atoms. The Morgan fingerprint density at radius 3 is 2.51 bits per heavy atom. The van der Waals surface area contributed by atoms with Crippen LogP contribution in [-0.4, -0.2) is 74.7 Å². The van der Waals surface area contributed by atoms with E-state index in [4.69, 9.17) is 4.74 Å². The largest absolute Gasteiger partial charge is 0.486 e. The average molecular weight is 502 g/mol. The van der Waals surface area contributed by atoms with Crippen molar-refractivity contribution in [3.05, 3.63) is 54.1 Å². The molecule has 1 aliphatic heterocycles. The molecule has 1 heterocycles. The Balaban J connectivity index is 1.72. The van der Waals surface area contributed by atoms with Gasteiger partial charge in [0.05, 0.1) is 28.8 Å². The van der Waals surface area contributed by atoms with Crippen molar-refractivity contribution in [2.45, 2.75) is 43.7 Å². The lowest BCUT2D eigenvalue weighted by atomic mass is 9.99. The van der Waals surface area contributed by atoms with Crippen LogP contribution in [0.25, 0.3) is 0 Å². The van der Waals surface area contributed by atoms with Crippen LogP contribution in [-0.2, 0) is 10.0 Å². The monoisotopic (exact) mass is 501 g/mol. The molecule has 0 aromatic heterocycles. The second-order valence-electron chi connectivity index (χ2n) is 9.89. The van der Waals surface area contributed by atoms with E-state index in [1.807, 2.05) is 13.8 Å². The number of nitrogens with zero attached hydrogens (tertiary/aromatic N) is 2. The van der Waals surface area contributed by atoms with E-state index in [1.165, 1.54) is 25.0 Å². The maximum Gasteiger partial charge on any atom is 0.262 e. The van der Waals surface area contributed by atoms with Gasteiger partial charge in [0, 0.05) is 25.6 Å². The highest BCUT2D eigenvalue weighted by molar-refractivity contribution is 7.92. The van der Waals surface area contributed by atoms with Crippen molar-refractivity contribution in [3.8, 4) is 5.75 Å². The zero-order valence-corrected chi connectivity index (χ0v) is 21.4. The molecule has 3 atom stereocenters. The molecule has 2 aliphatic rings. The van der Waals surface area contributed by atoms with E-state index in [0.717, 1.165) is 12.5 Å². The van der Waals surface area contributed by atoms with Crippen molar-refractivity contribution in [3.63, 3.8) is 0 Å². The van der Waals surface area contributed by atoms with Gasteiger partial charge in [-0.2, -0.15) is 0 Å². The summed E-state index contributed by atoms with van der Waals surface area (Å²) >= 11 is 0. The standard InChI is InChI=1S/C26H35N3O5S/c1-18-14-29(19(2)17-30)26(31)22-10-7-11-23(27-35(32,33)21-8-5-4-6-9-21)25(22)34-24(18)16-28(3)15-20-12-13-20/h4-11,18-20,24,27,30H,12-17H2,1-3H3. The minimum Gasteiger partial charge on any atom is -0.486 e. The molecule has 190 valence electrons. The zero-order valence-electron chi connectivity index (χ0n) is 20.6. The average Bonchev–Trinajstić information content (AvgIpc) is 3.65. The van der Waals surface area contributed by atoms with Gasteiger partial charge in [0.15, 0.2) is 5.75 Å². The molecular weight excluding hydrogens is 466 g/mol. The number of ether oxygens (including phenoxy) is 1. The quantitative estimate of drug-likeness (QED) is 0.548. The van der Waals surface area contributed by atoms with Gasteiger partial charge in [-0.15, -0.1) is 0 Å². The minimum atomic E-state index is -3.89. The minimum absolute atomic E-state index is 0.0402. The lowest BCUT2D eigenvalue weighted by molar-refractivity contribution is 0.0346. The third-order valence-electron chi connectivity index (χ3n) is 6.75. The molecule has 1 aliphatic carbocycles. The Morgan fingerprint density at radius 1 is 1.14 bits per heavy atom. The zero-order chi connectivity index (χ0) is 25.2. The fraction of sp³-hybridized carbons (Fsp3) is 0.500. The van der Waals surface area contributed by atoms with Gasteiger partial charge < -0.3 is 19.6 Å². The van der Waals surface area contributed by atoms with Gasteiger partial charge in [0.1, 0.15) is 6.10 Å². The first-order chi connectivity index (χ1) is 16.7. The van der Waals surface area contributed by atoms with Gasteiger partial charge in [-0.05, 0) is 57.0 Å². The molecule has 4 rings (SSSR count). The fourth-order valence-electron chi connectivity index (χ4n) is 4.47. The molecule has 1 saturated carbocycles. The maximum absolute atomic E-state index is 13.6. The van der Waals surface area contributed by atoms with E-state index in [1.54, 1.807) is 41.3 Å². The highest BCUT2D eigenvalue weighted by Gasteiger charge is 2.35. The molecule has 0 bridgehead atoms. The molecule has 2 aromatic rings. The Morgan fingerprint density at radius 2 is 1.86 bits per heavy atom. The van der Waals surface area contributed by atoms with E-state index in [9.17, 15) is 18.3 Å². The lowest BCUT2D eigenvalue weighted by Gasteiger charge is -2.38. The van der Waals surface area contributed by atoms with E-state index < -0.39 is 10.0 Å². The van der Waals surface area contributed by atoms with Crippen molar-refractivity contribution in [1.29, 1.82) is 0 Å². The summed E-state index contributed by atoms with van der Waals surface area (Å²) in [5, 5.41) is 9.83. The van der Waals surface area contributed by atoms with E-state index in [2.05, 4.69) is 16.7 Å². The normalized spacial score (nSPS) is 21.6. The number of carbonyl (C=O) groups is 1. The van der Waals surface area contributed by atoms with Crippen LogP contribution in [0.2, 0.25) is 0 Å². The van der Waals surface area contributed by atoms with Crippen LogP contribution in [0.4, 0.5) is 5.69 Å². The Labute approximate surface area is 207 Å². The van der Waals surface area contributed by atoms with Gasteiger partial charge in [-0.25, -0.2) is 8.42 Å². The number of hydrogen-bond donors (Lipinski definition) is 2. The van der Waals surface area contributed by atoms with Gasteiger partial charge >= 0.3 is 0 Å². The predicted molar refractivity (Wildman–Crippen MR) is 135 cm³/mol. The lowest BCUT2D eigenvalue weighted by Crippen LogP contribution is -2.50. The molecule has 9 heteroatoms. The summed E-state index contributed by atoms with van der Waals surface area (Å²) < 4.78 is 35.3. The number of aliphatic hydroxyl groups is 1. The number of aliphatic hydroxyl groups excluding tert-OH is 1. The first-order valence-corrected chi connectivity index (χ1v) is 13.7. The summed E-state index contributed by atoms with van der Waals surface area (Å²) in [6, 6.07) is 12.6. The van der Waals surface area contributed by atoms with Crippen molar-refractivity contribution in [2.75, 3.05) is 38.0 Å². The van der Waals surface area contributed by atoms with Crippen molar-refractivity contribution >= 4 is 21.6 Å². The Kier molecular flexibility index (Phi) is 7.68. The molecule has 0 radical (unpaired) electrons. The summed E-state index contributed by atoms with van der Waals surface area (Å²) in [6.45, 7) is 5.73. The first-order valence-electron chi connectivity index (χ1n) is 12.2. The SMILES string of the molecule is CC1CN(C(C)CO)C(=O)c2cccc(NS(=O)(=O)c3ccccc3)c2OC1CN(C)CC1CC1. The summed E-state index contributed by atoms with van der Waals surface area (Å²) in [4.78, 5) is 17.6. The van der Waals surface area contributed by atoms with Gasteiger partial charge in [0.2, 0.25) is 0 Å².